The third-order valence-corrected chi connectivity index (χ3v) is 4.37. The first kappa shape index (κ1) is 12.9. The lowest BCUT2D eigenvalue weighted by atomic mass is 10.00. The highest BCUT2D eigenvalue weighted by atomic mass is 16.2. The number of nitrogens with zero attached hydrogens (tertiary/aromatic N) is 1. The summed E-state index contributed by atoms with van der Waals surface area (Å²) in [4.78, 5) is 14.0. The maximum atomic E-state index is 12.0. The van der Waals surface area contributed by atoms with Crippen molar-refractivity contribution in [3.8, 4) is 0 Å². The van der Waals surface area contributed by atoms with Gasteiger partial charge in [-0.05, 0) is 31.6 Å². The second kappa shape index (κ2) is 6.39. The smallest absolute Gasteiger partial charge is 0.222 e. The number of piperidine rings is 1. The Labute approximate surface area is 105 Å². The molecule has 0 radical (unpaired) electrons. The van der Waals surface area contributed by atoms with E-state index < -0.39 is 0 Å². The molecule has 17 heavy (non-hydrogen) atoms. The normalized spacial score (nSPS) is 23.2. The highest BCUT2D eigenvalue weighted by Gasteiger charge is 2.21. The Bertz CT molecular complexity index is 241. The van der Waals surface area contributed by atoms with Crippen molar-refractivity contribution in [3.63, 3.8) is 0 Å². The summed E-state index contributed by atoms with van der Waals surface area (Å²) >= 11 is 0. The van der Waals surface area contributed by atoms with Gasteiger partial charge in [0.25, 0.3) is 0 Å². The number of nitrogens with two attached hydrogens (primary N) is 1. The summed E-state index contributed by atoms with van der Waals surface area (Å²) < 4.78 is 0. The van der Waals surface area contributed by atoms with Gasteiger partial charge in [-0.15, -0.1) is 0 Å². The van der Waals surface area contributed by atoms with Crippen LogP contribution in [0.5, 0.6) is 0 Å². The number of hydrogen-bond donors (Lipinski definition) is 1. The van der Waals surface area contributed by atoms with Gasteiger partial charge >= 0.3 is 0 Å². The molecule has 1 aliphatic carbocycles. The van der Waals surface area contributed by atoms with Crippen molar-refractivity contribution in [1.82, 2.24) is 4.90 Å². The van der Waals surface area contributed by atoms with Gasteiger partial charge in [0.2, 0.25) is 5.91 Å². The average Bonchev–Trinajstić information content (AvgIpc) is 2.83. The highest BCUT2D eigenvalue weighted by Crippen LogP contribution is 2.29. The minimum atomic E-state index is 0.317. The van der Waals surface area contributed by atoms with Crippen molar-refractivity contribution in [2.75, 3.05) is 13.1 Å². The molecular weight excluding hydrogens is 212 g/mol. The summed E-state index contributed by atoms with van der Waals surface area (Å²) in [5.74, 6) is 1.27. The summed E-state index contributed by atoms with van der Waals surface area (Å²) in [5.41, 5.74) is 5.84. The number of rotatable bonds is 4. The molecule has 0 bridgehead atoms. The molecule has 1 heterocycles. The van der Waals surface area contributed by atoms with Crippen LogP contribution in [0, 0.1) is 5.92 Å². The van der Waals surface area contributed by atoms with Gasteiger partial charge in [-0.2, -0.15) is 0 Å². The molecule has 1 aliphatic heterocycles. The number of carbonyl (C=O) groups is 1. The molecule has 3 nitrogen and oxygen atoms in total. The fourth-order valence-electron chi connectivity index (χ4n) is 3.15. The van der Waals surface area contributed by atoms with Crippen molar-refractivity contribution in [1.29, 1.82) is 0 Å². The monoisotopic (exact) mass is 238 g/mol. The molecular formula is C14H26N2O. The lowest BCUT2D eigenvalue weighted by Gasteiger charge is -2.30. The molecule has 2 fully saturated rings. The lowest BCUT2D eigenvalue weighted by molar-refractivity contribution is -0.132. The van der Waals surface area contributed by atoms with Gasteiger partial charge in [0.15, 0.2) is 0 Å². The maximum Gasteiger partial charge on any atom is 0.222 e. The minimum absolute atomic E-state index is 0.317. The zero-order valence-electron chi connectivity index (χ0n) is 10.9. The third kappa shape index (κ3) is 3.98. The highest BCUT2D eigenvalue weighted by molar-refractivity contribution is 5.76. The topological polar surface area (TPSA) is 46.3 Å². The Morgan fingerprint density at radius 3 is 2.41 bits per heavy atom. The van der Waals surface area contributed by atoms with Crippen LogP contribution in [-0.4, -0.2) is 29.9 Å². The first-order valence-corrected chi connectivity index (χ1v) is 7.29. The number of hydrogen-bond acceptors (Lipinski definition) is 2. The molecule has 0 aromatic heterocycles. The predicted octanol–water partition coefficient (Wildman–Crippen LogP) is 2.30. The summed E-state index contributed by atoms with van der Waals surface area (Å²) in [7, 11) is 0. The molecule has 2 rings (SSSR count). The van der Waals surface area contributed by atoms with Gasteiger partial charge in [0, 0.05) is 25.6 Å². The molecule has 0 spiro atoms. The van der Waals surface area contributed by atoms with Crippen LogP contribution >= 0.6 is 0 Å². The van der Waals surface area contributed by atoms with Crippen molar-refractivity contribution >= 4 is 5.91 Å². The molecule has 1 amide bonds. The number of amides is 1. The summed E-state index contributed by atoms with van der Waals surface area (Å²) in [6.07, 6.45) is 10.7. The van der Waals surface area contributed by atoms with Crippen LogP contribution in [0.15, 0.2) is 0 Å². The van der Waals surface area contributed by atoms with Crippen LogP contribution < -0.4 is 5.73 Å². The molecule has 0 aromatic rings. The molecule has 1 saturated heterocycles. The summed E-state index contributed by atoms with van der Waals surface area (Å²) in [5, 5.41) is 0. The van der Waals surface area contributed by atoms with Gasteiger partial charge in [-0.25, -0.2) is 0 Å². The van der Waals surface area contributed by atoms with Crippen molar-refractivity contribution in [3.05, 3.63) is 0 Å². The van der Waals surface area contributed by atoms with Gasteiger partial charge in [0.05, 0.1) is 0 Å². The van der Waals surface area contributed by atoms with Gasteiger partial charge in [-0.3, -0.25) is 4.79 Å². The van der Waals surface area contributed by atoms with Crippen molar-refractivity contribution in [2.45, 2.75) is 63.8 Å². The average molecular weight is 238 g/mol. The third-order valence-electron chi connectivity index (χ3n) is 4.37. The van der Waals surface area contributed by atoms with Crippen LogP contribution in [0.3, 0.4) is 0 Å². The Kier molecular flexibility index (Phi) is 4.84. The van der Waals surface area contributed by atoms with Gasteiger partial charge in [-0.1, -0.05) is 25.7 Å². The van der Waals surface area contributed by atoms with E-state index in [-0.39, 0.29) is 0 Å². The Morgan fingerprint density at radius 2 is 1.76 bits per heavy atom. The minimum Gasteiger partial charge on any atom is -0.343 e. The first-order chi connectivity index (χ1) is 8.25. The van der Waals surface area contributed by atoms with Crippen LogP contribution in [0.2, 0.25) is 0 Å². The maximum absolute atomic E-state index is 12.0. The van der Waals surface area contributed by atoms with E-state index in [0.29, 0.717) is 11.9 Å². The van der Waals surface area contributed by atoms with E-state index >= 15 is 0 Å². The van der Waals surface area contributed by atoms with E-state index in [1.165, 1.54) is 32.1 Å². The summed E-state index contributed by atoms with van der Waals surface area (Å²) in [6, 6.07) is 0.317. The predicted molar refractivity (Wildman–Crippen MR) is 69.6 cm³/mol. The second-order valence-corrected chi connectivity index (χ2v) is 5.76. The SMILES string of the molecule is NC1CCN(C(=O)CCCC2CCCC2)CC1. The van der Waals surface area contributed by atoms with Gasteiger partial charge in [0.1, 0.15) is 0 Å². The van der Waals surface area contributed by atoms with Crippen molar-refractivity contribution in [2.24, 2.45) is 11.7 Å². The van der Waals surface area contributed by atoms with Crippen molar-refractivity contribution < 1.29 is 4.79 Å². The van der Waals surface area contributed by atoms with Gasteiger partial charge < -0.3 is 10.6 Å². The Hall–Kier alpha value is -0.570. The molecule has 3 heteroatoms. The van der Waals surface area contributed by atoms with Crippen LogP contribution in [-0.2, 0) is 4.79 Å². The molecule has 2 aliphatic rings. The molecule has 2 N–H and O–H groups in total. The number of carbonyl (C=O) groups excluding carboxylic acids is 1. The van der Waals surface area contributed by atoms with E-state index in [0.717, 1.165) is 44.7 Å². The van der Waals surface area contributed by atoms with E-state index in [1.807, 2.05) is 4.90 Å². The fourth-order valence-corrected chi connectivity index (χ4v) is 3.15. The Balaban J connectivity index is 1.60. The standard InChI is InChI=1S/C14H26N2O/c15-13-8-10-16(11-9-13)14(17)7-3-6-12-4-1-2-5-12/h12-13H,1-11,15H2. The van der Waals surface area contributed by atoms with E-state index in [4.69, 9.17) is 5.73 Å². The van der Waals surface area contributed by atoms with E-state index in [9.17, 15) is 4.79 Å². The molecule has 0 aromatic carbocycles. The quantitative estimate of drug-likeness (QED) is 0.817. The first-order valence-electron chi connectivity index (χ1n) is 7.29. The molecule has 0 atom stereocenters. The van der Waals surface area contributed by atoms with E-state index in [2.05, 4.69) is 0 Å². The molecule has 1 saturated carbocycles. The van der Waals surface area contributed by atoms with Crippen LogP contribution in [0.25, 0.3) is 0 Å². The molecule has 0 unspecified atom stereocenters. The summed E-state index contributed by atoms with van der Waals surface area (Å²) in [6.45, 7) is 1.76. The van der Waals surface area contributed by atoms with Crippen LogP contribution in [0.4, 0.5) is 0 Å². The zero-order chi connectivity index (χ0) is 12.1. The number of likely N-dealkylation sites (tertiary alicyclic amines) is 1. The zero-order valence-corrected chi connectivity index (χ0v) is 10.9. The fraction of sp³-hybridized carbons (Fsp3) is 0.929. The molecule has 98 valence electrons. The lowest BCUT2D eigenvalue weighted by Crippen LogP contribution is -2.42. The van der Waals surface area contributed by atoms with Crippen LogP contribution in [0.1, 0.15) is 57.8 Å². The Morgan fingerprint density at radius 1 is 1.12 bits per heavy atom. The largest absolute Gasteiger partial charge is 0.343 e. The second-order valence-electron chi connectivity index (χ2n) is 5.76. The van der Waals surface area contributed by atoms with E-state index in [1.54, 1.807) is 0 Å².